The Bertz CT molecular complexity index is 794. The SMILES string of the molecule is CC(=O)NC(C(=O)Nc1ccc2c(c1)nc1n2CCCCC1)C(C)C. The standard InChI is InChI=1S/C19H26N4O2/c1-12(2)18(20-13(3)24)19(25)21-14-8-9-16-15(11-14)22-17-7-5-4-6-10-23(16)17/h8-9,11-12,18H,4-7,10H2,1-3H3,(H,20,24)(H,21,25). The van der Waals surface area contributed by atoms with Gasteiger partial charge in [0.2, 0.25) is 11.8 Å². The fourth-order valence-corrected chi connectivity index (χ4v) is 3.40. The van der Waals surface area contributed by atoms with Crippen molar-refractivity contribution < 1.29 is 9.59 Å². The predicted molar refractivity (Wildman–Crippen MR) is 98.4 cm³/mol. The van der Waals surface area contributed by atoms with Crippen molar-refractivity contribution in [1.82, 2.24) is 14.9 Å². The highest BCUT2D eigenvalue weighted by atomic mass is 16.2. The number of carbonyl (C=O) groups excluding carboxylic acids is 2. The molecule has 0 fully saturated rings. The third-order valence-corrected chi connectivity index (χ3v) is 4.68. The van der Waals surface area contributed by atoms with Crippen LogP contribution in [0.1, 0.15) is 45.9 Å². The van der Waals surface area contributed by atoms with Gasteiger partial charge in [-0.15, -0.1) is 0 Å². The van der Waals surface area contributed by atoms with E-state index in [0.29, 0.717) is 5.69 Å². The quantitative estimate of drug-likeness (QED) is 0.897. The summed E-state index contributed by atoms with van der Waals surface area (Å²) in [6.45, 7) is 6.26. The van der Waals surface area contributed by atoms with Crippen LogP contribution in [0.5, 0.6) is 0 Å². The number of benzene rings is 1. The number of rotatable bonds is 4. The molecule has 0 spiro atoms. The minimum absolute atomic E-state index is 0.0105. The number of imidazole rings is 1. The average Bonchev–Trinajstić information content (AvgIpc) is 2.73. The molecule has 0 bridgehead atoms. The summed E-state index contributed by atoms with van der Waals surface area (Å²) in [4.78, 5) is 28.6. The van der Waals surface area contributed by atoms with Crippen LogP contribution in [0.3, 0.4) is 0 Å². The van der Waals surface area contributed by atoms with Crippen LogP contribution >= 0.6 is 0 Å². The van der Waals surface area contributed by atoms with Crippen LogP contribution in [0.25, 0.3) is 11.0 Å². The molecule has 2 amide bonds. The van der Waals surface area contributed by atoms with Crippen LogP contribution < -0.4 is 10.6 Å². The lowest BCUT2D eigenvalue weighted by Gasteiger charge is -2.20. The van der Waals surface area contributed by atoms with Crippen LogP contribution in [0.15, 0.2) is 18.2 Å². The van der Waals surface area contributed by atoms with Crippen molar-refractivity contribution in [1.29, 1.82) is 0 Å². The molecule has 134 valence electrons. The van der Waals surface area contributed by atoms with Crippen molar-refractivity contribution in [3.05, 3.63) is 24.0 Å². The molecule has 1 aliphatic heterocycles. The van der Waals surface area contributed by atoms with Gasteiger partial charge >= 0.3 is 0 Å². The van der Waals surface area contributed by atoms with Crippen LogP contribution in [-0.4, -0.2) is 27.4 Å². The summed E-state index contributed by atoms with van der Waals surface area (Å²) in [6, 6.07) is 5.30. The Morgan fingerprint density at radius 1 is 1.20 bits per heavy atom. The maximum absolute atomic E-state index is 12.5. The van der Waals surface area contributed by atoms with E-state index in [2.05, 4.69) is 15.2 Å². The first-order chi connectivity index (χ1) is 12.0. The number of carbonyl (C=O) groups is 2. The van der Waals surface area contributed by atoms with Gasteiger partial charge in [0.05, 0.1) is 11.0 Å². The number of nitrogens with one attached hydrogen (secondary N) is 2. The number of amides is 2. The molecule has 1 atom stereocenters. The van der Waals surface area contributed by atoms with E-state index in [1.54, 1.807) is 0 Å². The summed E-state index contributed by atoms with van der Waals surface area (Å²) in [7, 11) is 0. The minimum Gasteiger partial charge on any atom is -0.344 e. The fraction of sp³-hybridized carbons (Fsp3) is 0.526. The molecule has 1 unspecified atom stereocenters. The molecular formula is C19H26N4O2. The molecule has 0 saturated heterocycles. The lowest BCUT2D eigenvalue weighted by molar-refractivity contribution is -0.126. The zero-order valence-electron chi connectivity index (χ0n) is 15.1. The average molecular weight is 342 g/mol. The number of aromatic nitrogens is 2. The summed E-state index contributed by atoms with van der Waals surface area (Å²) in [6.07, 6.45) is 4.62. The van der Waals surface area contributed by atoms with Gasteiger partial charge in [-0.3, -0.25) is 9.59 Å². The summed E-state index contributed by atoms with van der Waals surface area (Å²) >= 11 is 0. The Kier molecular flexibility index (Phi) is 5.06. The first-order valence-corrected chi connectivity index (χ1v) is 9.03. The predicted octanol–water partition coefficient (Wildman–Crippen LogP) is 2.86. The number of nitrogens with zero attached hydrogens (tertiary/aromatic N) is 2. The van der Waals surface area contributed by atoms with E-state index in [9.17, 15) is 9.59 Å². The first-order valence-electron chi connectivity index (χ1n) is 9.03. The normalized spacial score (nSPS) is 15.5. The van der Waals surface area contributed by atoms with Gasteiger partial charge in [-0.1, -0.05) is 20.3 Å². The van der Waals surface area contributed by atoms with Crippen molar-refractivity contribution in [2.24, 2.45) is 5.92 Å². The van der Waals surface area contributed by atoms with Gasteiger partial charge in [0, 0.05) is 25.6 Å². The molecule has 1 aromatic carbocycles. The molecule has 2 heterocycles. The van der Waals surface area contributed by atoms with E-state index >= 15 is 0 Å². The number of fused-ring (bicyclic) bond motifs is 3. The van der Waals surface area contributed by atoms with Gasteiger partial charge in [0.15, 0.2) is 0 Å². The van der Waals surface area contributed by atoms with Gasteiger partial charge < -0.3 is 15.2 Å². The van der Waals surface area contributed by atoms with E-state index < -0.39 is 6.04 Å². The Morgan fingerprint density at radius 3 is 2.72 bits per heavy atom. The second-order valence-electron chi connectivity index (χ2n) is 7.11. The molecule has 0 aliphatic carbocycles. The molecular weight excluding hydrogens is 316 g/mol. The van der Waals surface area contributed by atoms with E-state index in [1.165, 1.54) is 26.2 Å². The topological polar surface area (TPSA) is 76.0 Å². The second kappa shape index (κ2) is 7.25. The highest BCUT2D eigenvalue weighted by Crippen LogP contribution is 2.24. The number of aryl methyl sites for hydroxylation is 2. The third kappa shape index (κ3) is 3.83. The van der Waals surface area contributed by atoms with Gasteiger partial charge in [-0.2, -0.15) is 0 Å². The maximum atomic E-state index is 12.5. The summed E-state index contributed by atoms with van der Waals surface area (Å²) < 4.78 is 2.29. The van der Waals surface area contributed by atoms with E-state index in [1.807, 2.05) is 32.0 Å². The zero-order chi connectivity index (χ0) is 18.0. The molecule has 6 nitrogen and oxygen atoms in total. The van der Waals surface area contributed by atoms with Gasteiger partial charge in [0.25, 0.3) is 0 Å². The smallest absolute Gasteiger partial charge is 0.247 e. The third-order valence-electron chi connectivity index (χ3n) is 4.68. The molecule has 0 saturated carbocycles. The molecule has 3 rings (SSSR count). The highest BCUT2D eigenvalue weighted by molar-refractivity contribution is 5.98. The number of anilines is 1. The molecule has 0 radical (unpaired) electrons. The molecule has 2 N–H and O–H groups in total. The number of hydrogen-bond donors (Lipinski definition) is 2. The maximum Gasteiger partial charge on any atom is 0.247 e. The van der Waals surface area contributed by atoms with Crippen molar-refractivity contribution in [2.45, 2.75) is 59.0 Å². The second-order valence-corrected chi connectivity index (χ2v) is 7.11. The number of hydrogen-bond acceptors (Lipinski definition) is 3. The Balaban J connectivity index is 1.82. The van der Waals surface area contributed by atoms with Crippen LogP contribution in [0.4, 0.5) is 5.69 Å². The van der Waals surface area contributed by atoms with Gasteiger partial charge in [-0.25, -0.2) is 4.98 Å². The Hall–Kier alpha value is -2.37. The lowest BCUT2D eigenvalue weighted by Crippen LogP contribution is -2.46. The Morgan fingerprint density at radius 2 is 2.00 bits per heavy atom. The van der Waals surface area contributed by atoms with Crippen molar-refractivity contribution in [2.75, 3.05) is 5.32 Å². The molecule has 2 aromatic rings. The fourth-order valence-electron chi connectivity index (χ4n) is 3.40. The summed E-state index contributed by atoms with van der Waals surface area (Å²) in [5, 5.41) is 5.62. The van der Waals surface area contributed by atoms with Crippen LogP contribution in [0.2, 0.25) is 0 Å². The first kappa shape index (κ1) is 17.5. The monoisotopic (exact) mass is 342 g/mol. The van der Waals surface area contributed by atoms with Crippen molar-refractivity contribution in [3.63, 3.8) is 0 Å². The van der Waals surface area contributed by atoms with E-state index in [-0.39, 0.29) is 17.7 Å². The Labute approximate surface area is 148 Å². The van der Waals surface area contributed by atoms with Gasteiger partial charge in [-0.05, 0) is 37.0 Å². The van der Waals surface area contributed by atoms with E-state index in [0.717, 1.165) is 29.8 Å². The molecule has 6 heteroatoms. The summed E-state index contributed by atoms with van der Waals surface area (Å²) in [5.74, 6) is 0.734. The van der Waals surface area contributed by atoms with Gasteiger partial charge in [0.1, 0.15) is 11.9 Å². The molecule has 1 aliphatic rings. The molecule has 25 heavy (non-hydrogen) atoms. The largest absolute Gasteiger partial charge is 0.344 e. The zero-order valence-corrected chi connectivity index (χ0v) is 15.1. The van der Waals surface area contributed by atoms with E-state index in [4.69, 9.17) is 4.98 Å². The van der Waals surface area contributed by atoms with Crippen molar-refractivity contribution >= 4 is 28.5 Å². The minimum atomic E-state index is -0.549. The lowest BCUT2D eigenvalue weighted by atomic mass is 10.0. The van der Waals surface area contributed by atoms with Crippen LogP contribution in [-0.2, 0) is 22.6 Å². The van der Waals surface area contributed by atoms with Crippen LogP contribution in [0, 0.1) is 5.92 Å². The summed E-state index contributed by atoms with van der Waals surface area (Å²) in [5.41, 5.74) is 2.74. The molecule has 1 aromatic heterocycles. The van der Waals surface area contributed by atoms with Crippen molar-refractivity contribution in [3.8, 4) is 0 Å². The highest BCUT2D eigenvalue weighted by Gasteiger charge is 2.23.